The normalized spacial score (nSPS) is 11.2. The molecule has 2 N–H and O–H groups in total. The number of phenolic OH excluding ortho intramolecular Hbond substituents is 1. The summed E-state index contributed by atoms with van der Waals surface area (Å²) in [4.78, 5) is 14.2. The Hall–Kier alpha value is -3.42. The molecule has 0 saturated heterocycles. The number of hydrazone groups is 1. The lowest BCUT2D eigenvalue weighted by Gasteiger charge is -2.21. The highest BCUT2D eigenvalue weighted by molar-refractivity contribution is 5.86. The van der Waals surface area contributed by atoms with Gasteiger partial charge in [-0.15, -0.1) is 5.10 Å². The molecule has 3 aromatic rings. The minimum atomic E-state index is -0.332. The van der Waals surface area contributed by atoms with Crippen molar-refractivity contribution in [3.63, 3.8) is 0 Å². The van der Waals surface area contributed by atoms with Gasteiger partial charge in [-0.25, -0.2) is 10.1 Å². The van der Waals surface area contributed by atoms with Crippen LogP contribution in [0.5, 0.6) is 5.75 Å². The number of para-hydroxylation sites is 1. The van der Waals surface area contributed by atoms with Crippen molar-refractivity contribution < 1.29 is 9.90 Å². The maximum atomic E-state index is 12.1. The van der Waals surface area contributed by atoms with Crippen molar-refractivity contribution in [2.75, 3.05) is 18.0 Å². The van der Waals surface area contributed by atoms with E-state index in [9.17, 15) is 9.90 Å². The van der Waals surface area contributed by atoms with Gasteiger partial charge in [-0.3, -0.25) is 4.79 Å². The number of nitrogens with zero attached hydrogens (tertiary/aromatic N) is 5. The van der Waals surface area contributed by atoms with Crippen LogP contribution in [0.15, 0.2) is 47.6 Å². The van der Waals surface area contributed by atoms with E-state index >= 15 is 0 Å². The standard InChI is InChI=1S/C19H22N6O2/c1-3-24(4-2)15-10-9-14(18(26)11-15)12-20-22-19(27)13-25-17-8-6-5-7-16(17)21-23-25/h5-12,26H,3-4,13H2,1-2H3,(H,22,27)/b20-12-. The number of carbonyl (C=O) groups excluding carboxylic acids is 1. The maximum Gasteiger partial charge on any atom is 0.261 e. The summed E-state index contributed by atoms with van der Waals surface area (Å²) in [5.41, 5.74) is 5.42. The van der Waals surface area contributed by atoms with Gasteiger partial charge >= 0.3 is 0 Å². The highest BCUT2D eigenvalue weighted by Crippen LogP contribution is 2.23. The van der Waals surface area contributed by atoms with Crippen LogP contribution in [0.25, 0.3) is 11.0 Å². The zero-order valence-electron chi connectivity index (χ0n) is 15.3. The second-order valence-corrected chi connectivity index (χ2v) is 5.94. The summed E-state index contributed by atoms with van der Waals surface area (Å²) >= 11 is 0. The molecule has 140 valence electrons. The van der Waals surface area contributed by atoms with Gasteiger partial charge in [0.15, 0.2) is 0 Å². The lowest BCUT2D eigenvalue weighted by Crippen LogP contribution is -2.23. The highest BCUT2D eigenvalue weighted by atomic mass is 16.3. The molecule has 0 bridgehead atoms. The van der Waals surface area contributed by atoms with Crippen LogP contribution in [-0.4, -0.2) is 45.3 Å². The number of hydrogen-bond donors (Lipinski definition) is 2. The fourth-order valence-electron chi connectivity index (χ4n) is 2.81. The molecule has 1 heterocycles. The Labute approximate surface area is 157 Å². The van der Waals surface area contributed by atoms with Gasteiger partial charge in [0.1, 0.15) is 17.8 Å². The zero-order valence-corrected chi connectivity index (χ0v) is 15.3. The fraction of sp³-hybridized carbons (Fsp3) is 0.263. The third-order valence-corrected chi connectivity index (χ3v) is 4.25. The fourth-order valence-corrected chi connectivity index (χ4v) is 2.81. The predicted molar refractivity (Wildman–Crippen MR) is 105 cm³/mol. The second-order valence-electron chi connectivity index (χ2n) is 5.94. The van der Waals surface area contributed by atoms with E-state index < -0.39 is 0 Å². The number of rotatable bonds is 7. The predicted octanol–water partition coefficient (Wildman–Crippen LogP) is 2.13. The van der Waals surface area contributed by atoms with Gasteiger partial charge < -0.3 is 10.0 Å². The van der Waals surface area contributed by atoms with Crippen molar-refractivity contribution in [2.45, 2.75) is 20.4 Å². The van der Waals surface area contributed by atoms with Crippen molar-refractivity contribution in [2.24, 2.45) is 5.10 Å². The number of amides is 1. The molecule has 3 rings (SSSR count). The van der Waals surface area contributed by atoms with Gasteiger partial charge in [0, 0.05) is 30.4 Å². The average Bonchev–Trinajstić information content (AvgIpc) is 3.07. The lowest BCUT2D eigenvalue weighted by atomic mass is 10.2. The molecule has 0 unspecified atom stereocenters. The number of hydrogen-bond acceptors (Lipinski definition) is 6. The van der Waals surface area contributed by atoms with Crippen molar-refractivity contribution in [1.29, 1.82) is 0 Å². The molecule has 2 aromatic carbocycles. The molecule has 0 saturated carbocycles. The minimum absolute atomic E-state index is 0.00470. The molecule has 1 aromatic heterocycles. The number of anilines is 1. The molecule has 8 nitrogen and oxygen atoms in total. The van der Waals surface area contributed by atoms with Crippen LogP contribution in [0.2, 0.25) is 0 Å². The van der Waals surface area contributed by atoms with E-state index in [2.05, 4.69) is 39.6 Å². The highest BCUT2D eigenvalue weighted by Gasteiger charge is 2.08. The molecule has 0 spiro atoms. The Kier molecular flexibility index (Phi) is 5.65. The molecule has 0 aliphatic rings. The third-order valence-electron chi connectivity index (χ3n) is 4.25. The largest absolute Gasteiger partial charge is 0.507 e. The van der Waals surface area contributed by atoms with Crippen LogP contribution in [-0.2, 0) is 11.3 Å². The first-order valence-corrected chi connectivity index (χ1v) is 8.80. The van der Waals surface area contributed by atoms with Crippen LogP contribution >= 0.6 is 0 Å². The number of fused-ring (bicyclic) bond motifs is 1. The Morgan fingerprint density at radius 3 is 2.78 bits per heavy atom. The monoisotopic (exact) mass is 366 g/mol. The van der Waals surface area contributed by atoms with Gasteiger partial charge in [0.2, 0.25) is 0 Å². The van der Waals surface area contributed by atoms with Crippen LogP contribution in [0.4, 0.5) is 5.69 Å². The van der Waals surface area contributed by atoms with Gasteiger partial charge in [-0.1, -0.05) is 17.3 Å². The van der Waals surface area contributed by atoms with E-state index in [1.807, 2.05) is 30.3 Å². The molecule has 27 heavy (non-hydrogen) atoms. The number of nitrogens with one attached hydrogen (secondary N) is 1. The number of aromatic nitrogens is 3. The summed E-state index contributed by atoms with van der Waals surface area (Å²) in [6.07, 6.45) is 1.42. The molecule has 0 aliphatic carbocycles. The Morgan fingerprint density at radius 2 is 2.04 bits per heavy atom. The number of phenols is 1. The van der Waals surface area contributed by atoms with E-state index in [1.165, 1.54) is 10.9 Å². The summed E-state index contributed by atoms with van der Waals surface area (Å²) < 4.78 is 1.51. The molecule has 1 amide bonds. The Bertz CT molecular complexity index is 962. The van der Waals surface area contributed by atoms with Gasteiger partial charge in [0.25, 0.3) is 5.91 Å². The third kappa shape index (κ3) is 4.22. The van der Waals surface area contributed by atoms with E-state index in [-0.39, 0.29) is 18.2 Å². The number of carbonyl (C=O) groups is 1. The topological polar surface area (TPSA) is 95.6 Å². The van der Waals surface area contributed by atoms with E-state index in [1.54, 1.807) is 12.1 Å². The first-order valence-electron chi connectivity index (χ1n) is 8.80. The zero-order chi connectivity index (χ0) is 19.2. The molecule has 8 heteroatoms. The van der Waals surface area contributed by atoms with E-state index in [0.29, 0.717) is 5.56 Å². The van der Waals surface area contributed by atoms with Crippen molar-refractivity contribution in [3.05, 3.63) is 48.0 Å². The second kappa shape index (κ2) is 8.31. The van der Waals surface area contributed by atoms with E-state index in [0.717, 1.165) is 29.8 Å². The van der Waals surface area contributed by atoms with E-state index in [4.69, 9.17) is 0 Å². The molecular weight excluding hydrogens is 344 g/mol. The summed E-state index contributed by atoms with van der Waals surface area (Å²) in [5.74, 6) is -0.221. The van der Waals surface area contributed by atoms with Crippen LogP contribution < -0.4 is 10.3 Å². The molecule has 0 atom stereocenters. The van der Waals surface area contributed by atoms with Gasteiger partial charge in [0.05, 0.1) is 11.7 Å². The van der Waals surface area contributed by atoms with Gasteiger partial charge in [-0.05, 0) is 38.1 Å². The summed E-state index contributed by atoms with van der Waals surface area (Å²) in [6, 6.07) is 12.8. The quantitative estimate of drug-likeness (QED) is 0.493. The summed E-state index contributed by atoms with van der Waals surface area (Å²) in [7, 11) is 0. The van der Waals surface area contributed by atoms with Crippen molar-refractivity contribution in [1.82, 2.24) is 20.4 Å². The van der Waals surface area contributed by atoms with Crippen molar-refractivity contribution >= 4 is 28.8 Å². The number of benzene rings is 2. The first-order chi connectivity index (χ1) is 13.1. The van der Waals surface area contributed by atoms with Crippen LogP contribution in [0.1, 0.15) is 19.4 Å². The van der Waals surface area contributed by atoms with Crippen LogP contribution in [0.3, 0.4) is 0 Å². The minimum Gasteiger partial charge on any atom is -0.507 e. The molecule has 0 aliphatic heterocycles. The van der Waals surface area contributed by atoms with Crippen LogP contribution in [0, 0.1) is 0 Å². The molecule has 0 radical (unpaired) electrons. The Morgan fingerprint density at radius 1 is 1.26 bits per heavy atom. The Balaban J connectivity index is 1.62. The van der Waals surface area contributed by atoms with Crippen molar-refractivity contribution in [3.8, 4) is 5.75 Å². The smallest absolute Gasteiger partial charge is 0.261 e. The number of aromatic hydroxyl groups is 1. The molecular formula is C19H22N6O2. The lowest BCUT2D eigenvalue weighted by molar-refractivity contribution is -0.121. The average molecular weight is 366 g/mol. The summed E-state index contributed by atoms with van der Waals surface area (Å²) in [5, 5.41) is 22.1. The molecule has 0 fully saturated rings. The summed E-state index contributed by atoms with van der Waals surface area (Å²) in [6.45, 7) is 5.84. The SMILES string of the molecule is CCN(CC)c1ccc(/C=N\NC(=O)Cn2nnc3ccccc32)c(O)c1. The van der Waals surface area contributed by atoms with Gasteiger partial charge in [-0.2, -0.15) is 5.10 Å². The first kappa shape index (κ1) is 18.4. The maximum absolute atomic E-state index is 12.1.